The van der Waals surface area contributed by atoms with E-state index in [1.54, 1.807) is 0 Å². The molecule has 0 bridgehead atoms. The van der Waals surface area contributed by atoms with Gasteiger partial charge in [-0.25, -0.2) is 4.98 Å². The van der Waals surface area contributed by atoms with Gasteiger partial charge < -0.3 is 15.3 Å². The zero-order chi connectivity index (χ0) is 22.2. The van der Waals surface area contributed by atoms with Gasteiger partial charge in [0.1, 0.15) is 5.82 Å². The van der Waals surface area contributed by atoms with Gasteiger partial charge in [-0.3, -0.25) is 0 Å². The van der Waals surface area contributed by atoms with Gasteiger partial charge in [-0.1, -0.05) is 53.2 Å². The Balaban J connectivity index is 1.45. The van der Waals surface area contributed by atoms with Crippen molar-refractivity contribution < 1.29 is 5.11 Å². The van der Waals surface area contributed by atoms with E-state index < -0.39 is 6.10 Å². The smallest absolute Gasteiger partial charge is 0.129 e. The van der Waals surface area contributed by atoms with Crippen molar-refractivity contribution in [2.45, 2.75) is 38.7 Å². The number of rotatable bonds is 4. The Morgan fingerprint density at radius 1 is 0.938 bits per heavy atom. The van der Waals surface area contributed by atoms with Gasteiger partial charge in [0.15, 0.2) is 0 Å². The van der Waals surface area contributed by atoms with E-state index in [0.29, 0.717) is 0 Å². The molecule has 5 heteroatoms. The van der Waals surface area contributed by atoms with Crippen molar-refractivity contribution in [3.63, 3.8) is 0 Å². The molecule has 2 aromatic carbocycles. The molecule has 2 N–H and O–H groups in total. The zero-order valence-electron chi connectivity index (χ0n) is 18.7. The second-order valence-corrected chi connectivity index (χ2v) is 10.7. The molecule has 2 fully saturated rings. The predicted molar refractivity (Wildman–Crippen MR) is 135 cm³/mol. The average molecular weight is 494 g/mol. The summed E-state index contributed by atoms with van der Waals surface area (Å²) in [7, 11) is 0. The van der Waals surface area contributed by atoms with Crippen molar-refractivity contribution >= 4 is 32.7 Å². The van der Waals surface area contributed by atoms with Gasteiger partial charge in [0.2, 0.25) is 0 Å². The number of halogens is 1. The summed E-state index contributed by atoms with van der Waals surface area (Å²) in [6, 6.07) is 20.9. The standard InChI is InChI=1S/C27H32BrN3O/c1-26(12-16-29-17-13-26)27(25(32)21-6-9-22(28)10-7-21)14-18-31(19-15-27)24-11-8-20-4-2-3-5-23(20)30-24/h2-11,25,29,32H,12-19H2,1H3. The van der Waals surface area contributed by atoms with Crippen LogP contribution in [0, 0.1) is 10.8 Å². The van der Waals surface area contributed by atoms with Gasteiger partial charge in [0.25, 0.3) is 0 Å². The number of aromatic nitrogens is 1. The lowest BCUT2D eigenvalue weighted by molar-refractivity contribution is -0.104. The Morgan fingerprint density at radius 3 is 2.34 bits per heavy atom. The lowest BCUT2D eigenvalue weighted by atomic mass is 9.53. The Hall–Kier alpha value is -1.95. The molecule has 2 saturated heterocycles. The zero-order valence-corrected chi connectivity index (χ0v) is 20.3. The summed E-state index contributed by atoms with van der Waals surface area (Å²) < 4.78 is 1.05. The molecule has 32 heavy (non-hydrogen) atoms. The quantitative estimate of drug-likeness (QED) is 0.488. The summed E-state index contributed by atoms with van der Waals surface area (Å²) in [5, 5.41) is 16.5. The largest absolute Gasteiger partial charge is 0.388 e. The first kappa shape index (κ1) is 21.9. The van der Waals surface area contributed by atoms with Crippen LogP contribution in [-0.2, 0) is 0 Å². The summed E-state index contributed by atoms with van der Waals surface area (Å²) in [4.78, 5) is 7.34. The molecule has 3 aromatic rings. The third-order valence-corrected chi connectivity index (χ3v) is 8.71. The maximum absolute atomic E-state index is 11.8. The highest BCUT2D eigenvalue weighted by Crippen LogP contribution is 2.58. The number of benzene rings is 2. The fourth-order valence-electron chi connectivity index (χ4n) is 6.01. The number of hydrogen-bond acceptors (Lipinski definition) is 4. The van der Waals surface area contributed by atoms with Crippen molar-refractivity contribution in [1.82, 2.24) is 10.3 Å². The Morgan fingerprint density at radius 2 is 1.62 bits per heavy atom. The van der Waals surface area contributed by atoms with Crippen LogP contribution >= 0.6 is 15.9 Å². The van der Waals surface area contributed by atoms with E-state index >= 15 is 0 Å². The number of anilines is 1. The molecule has 1 atom stereocenters. The van der Waals surface area contributed by atoms with E-state index in [-0.39, 0.29) is 10.8 Å². The normalized spacial score (nSPS) is 21.4. The van der Waals surface area contributed by atoms with Crippen LogP contribution < -0.4 is 10.2 Å². The summed E-state index contributed by atoms with van der Waals surface area (Å²) in [5.74, 6) is 1.05. The van der Waals surface area contributed by atoms with Crippen LogP contribution in [0.5, 0.6) is 0 Å². The maximum Gasteiger partial charge on any atom is 0.129 e. The van der Waals surface area contributed by atoms with E-state index in [4.69, 9.17) is 4.98 Å². The third kappa shape index (κ3) is 3.85. The number of hydrogen-bond donors (Lipinski definition) is 2. The number of aliphatic hydroxyl groups is 1. The molecule has 168 valence electrons. The Labute approximate surface area is 199 Å². The molecule has 0 radical (unpaired) electrons. The molecule has 0 aliphatic carbocycles. The highest BCUT2D eigenvalue weighted by Gasteiger charge is 2.54. The molecule has 2 aliphatic heterocycles. The number of nitrogens with one attached hydrogen (secondary N) is 1. The van der Waals surface area contributed by atoms with Gasteiger partial charge in [-0.05, 0) is 80.1 Å². The molecule has 0 spiro atoms. The first-order valence-electron chi connectivity index (χ1n) is 11.8. The van der Waals surface area contributed by atoms with Gasteiger partial charge >= 0.3 is 0 Å². The molecule has 0 saturated carbocycles. The van der Waals surface area contributed by atoms with E-state index in [1.807, 2.05) is 18.2 Å². The molecular formula is C27H32BrN3O. The van der Waals surface area contributed by atoms with Gasteiger partial charge in [-0.15, -0.1) is 0 Å². The van der Waals surface area contributed by atoms with Crippen LogP contribution in [0.1, 0.15) is 44.3 Å². The summed E-state index contributed by atoms with van der Waals surface area (Å²) in [6.07, 6.45) is 3.68. The molecule has 3 heterocycles. The molecule has 5 rings (SSSR count). The third-order valence-electron chi connectivity index (χ3n) is 8.18. The highest BCUT2D eigenvalue weighted by atomic mass is 79.9. The van der Waals surface area contributed by atoms with E-state index in [9.17, 15) is 5.11 Å². The number of nitrogens with zero attached hydrogens (tertiary/aromatic N) is 2. The molecular weight excluding hydrogens is 462 g/mol. The first-order valence-corrected chi connectivity index (χ1v) is 12.6. The minimum absolute atomic E-state index is 0.105. The van der Waals surface area contributed by atoms with Gasteiger partial charge in [0.05, 0.1) is 11.6 Å². The minimum atomic E-state index is -0.467. The SMILES string of the molecule is CC1(C2(C(O)c3ccc(Br)cc3)CCN(c3ccc4ccccc4n3)CC2)CCNCC1. The number of aliphatic hydroxyl groups excluding tert-OH is 1. The molecule has 0 amide bonds. The van der Waals surface area contributed by atoms with Crippen molar-refractivity contribution in [3.8, 4) is 0 Å². The Kier molecular flexibility index (Phi) is 5.99. The average Bonchev–Trinajstić information content (AvgIpc) is 2.84. The maximum atomic E-state index is 11.8. The van der Waals surface area contributed by atoms with Crippen molar-refractivity contribution in [1.29, 1.82) is 0 Å². The topological polar surface area (TPSA) is 48.4 Å². The summed E-state index contributed by atoms with van der Waals surface area (Å²) in [5.41, 5.74) is 2.04. The van der Waals surface area contributed by atoms with Crippen LogP contribution in [0.4, 0.5) is 5.82 Å². The monoisotopic (exact) mass is 493 g/mol. The molecule has 4 nitrogen and oxygen atoms in total. The van der Waals surface area contributed by atoms with Crippen molar-refractivity contribution in [2.75, 3.05) is 31.1 Å². The lowest BCUT2D eigenvalue weighted by Gasteiger charge is -2.57. The van der Waals surface area contributed by atoms with Crippen LogP contribution in [-0.4, -0.2) is 36.3 Å². The fraction of sp³-hybridized carbons (Fsp3) is 0.444. The second kappa shape index (κ2) is 8.77. The van der Waals surface area contributed by atoms with Crippen LogP contribution in [0.3, 0.4) is 0 Å². The lowest BCUT2D eigenvalue weighted by Crippen LogP contribution is -2.55. The minimum Gasteiger partial charge on any atom is -0.388 e. The van der Waals surface area contributed by atoms with Crippen molar-refractivity contribution in [2.24, 2.45) is 10.8 Å². The predicted octanol–water partition coefficient (Wildman–Crippen LogP) is 5.71. The molecule has 1 aromatic heterocycles. The first-order chi connectivity index (χ1) is 15.5. The molecule has 1 unspecified atom stereocenters. The van der Waals surface area contributed by atoms with Crippen LogP contribution in [0.25, 0.3) is 10.9 Å². The van der Waals surface area contributed by atoms with E-state index in [1.165, 1.54) is 5.39 Å². The number of pyridine rings is 1. The molecule has 2 aliphatic rings. The number of fused-ring (bicyclic) bond motifs is 1. The summed E-state index contributed by atoms with van der Waals surface area (Å²) in [6.45, 7) is 6.31. The van der Waals surface area contributed by atoms with Gasteiger partial charge in [-0.2, -0.15) is 0 Å². The highest BCUT2D eigenvalue weighted by molar-refractivity contribution is 9.10. The van der Waals surface area contributed by atoms with Crippen molar-refractivity contribution in [3.05, 3.63) is 70.7 Å². The summed E-state index contributed by atoms with van der Waals surface area (Å²) >= 11 is 3.54. The van der Waals surface area contributed by atoms with E-state index in [2.05, 4.69) is 75.5 Å². The number of para-hydroxylation sites is 1. The van der Waals surface area contributed by atoms with Crippen LogP contribution in [0.2, 0.25) is 0 Å². The second-order valence-electron chi connectivity index (χ2n) is 9.77. The fourth-order valence-corrected chi connectivity index (χ4v) is 6.28. The number of piperidine rings is 2. The Bertz CT molecular complexity index is 1070. The van der Waals surface area contributed by atoms with Gasteiger partial charge in [0, 0.05) is 28.4 Å². The van der Waals surface area contributed by atoms with Crippen LogP contribution in [0.15, 0.2) is 65.1 Å². The van der Waals surface area contributed by atoms with E-state index in [0.717, 1.165) is 73.2 Å².